The molecule has 0 aliphatic carbocycles. The summed E-state index contributed by atoms with van der Waals surface area (Å²) in [5.74, 6) is -0.439. The van der Waals surface area contributed by atoms with Gasteiger partial charge >= 0.3 is 0 Å². The molecule has 0 amide bonds. The van der Waals surface area contributed by atoms with E-state index in [1.807, 2.05) is 30.3 Å². The second-order valence-corrected chi connectivity index (χ2v) is 5.67. The van der Waals surface area contributed by atoms with Gasteiger partial charge in [-0.15, -0.1) is 0 Å². The minimum atomic E-state index is -0.650. The van der Waals surface area contributed by atoms with Crippen LogP contribution in [0.4, 0.5) is 4.39 Å². The fourth-order valence-corrected chi connectivity index (χ4v) is 2.06. The number of halogens is 2. The number of rotatable bonds is 4. The molecule has 0 bridgehead atoms. The van der Waals surface area contributed by atoms with Gasteiger partial charge in [-0.25, -0.2) is 4.39 Å². The van der Waals surface area contributed by atoms with E-state index >= 15 is 0 Å². The topological polar surface area (TPSA) is 35.2 Å². The maximum atomic E-state index is 14.1. The van der Waals surface area contributed by atoms with Crippen LogP contribution in [0.2, 0.25) is 5.02 Å². The minimum absolute atomic E-state index is 0.0588. The van der Waals surface area contributed by atoms with Crippen LogP contribution >= 0.6 is 11.6 Å². The van der Waals surface area contributed by atoms with Crippen LogP contribution in [0, 0.1) is 5.82 Å². The first-order chi connectivity index (χ1) is 9.38. The van der Waals surface area contributed by atoms with E-state index in [2.05, 4.69) is 0 Å². The van der Waals surface area contributed by atoms with E-state index in [0.717, 1.165) is 5.56 Å². The smallest absolute Gasteiger partial charge is 0.174 e. The van der Waals surface area contributed by atoms with Crippen molar-refractivity contribution in [1.29, 1.82) is 0 Å². The van der Waals surface area contributed by atoms with Crippen molar-refractivity contribution in [1.82, 2.24) is 0 Å². The van der Waals surface area contributed by atoms with Crippen LogP contribution < -0.4 is 10.5 Å². The average Bonchev–Trinajstić information content (AvgIpc) is 2.37. The zero-order chi connectivity index (χ0) is 14.8. The van der Waals surface area contributed by atoms with Crippen LogP contribution in [0.25, 0.3) is 0 Å². The number of hydrogen-bond acceptors (Lipinski definition) is 2. The van der Waals surface area contributed by atoms with E-state index in [0.29, 0.717) is 5.56 Å². The van der Waals surface area contributed by atoms with Crippen molar-refractivity contribution in [3.8, 4) is 5.75 Å². The van der Waals surface area contributed by atoms with Crippen molar-refractivity contribution in [3.05, 3.63) is 64.4 Å². The van der Waals surface area contributed by atoms with Gasteiger partial charge < -0.3 is 10.5 Å². The van der Waals surface area contributed by atoms with Gasteiger partial charge in [0.25, 0.3) is 0 Å². The maximum absolute atomic E-state index is 14.1. The predicted molar refractivity (Wildman–Crippen MR) is 79.4 cm³/mol. The largest absolute Gasteiger partial charge is 0.484 e. The van der Waals surface area contributed by atoms with Gasteiger partial charge in [0.1, 0.15) is 6.61 Å². The molecule has 0 aromatic heterocycles. The number of ether oxygens (including phenoxy) is 1. The summed E-state index contributed by atoms with van der Waals surface area (Å²) in [7, 11) is 0. The Morgan fingerprint density at radius 2 is 1.85 bits per heavy atom. The van der Waals surface area contributed by atoms with E-state index in [4.69, 9.17) is 22.1 Å². The van der Waals surface area contributed by atoms with E-state index in [1.165, 1.54) is 6.07 Å². The van der Waals surface area contributed by atoms with Gasteiger partial charge in [0, 0.05) is 5.54 Å². The lowest BCUT2D eigenvalue weighted by molar-refractivity contribution is 0.290. The summed E-state index contributed by atoms with van der Waals surface area (Å²) in [6, 6.07) is 12.5. The summed E-state index contributed by atoms with van der Waals surface area (Å²) in [5.41, 5.74) is 6.87. The van der Waals surface area contributed by atoms with Gasteiger partial charge in [-0.3, -0.25) is 0 Å². The Morgan fingerprint density at radius 3 is 2.40 bits per heavy atom. The third-order valence-corrected chi connectivity index (χ3v) is 3.25. The normalized spacial score (nSPS) is 11.4. The summed E-state index contributed by atoms with van der Waals surface area (Å²) in [5, 5.41) is 0.231. The Morgan fingerprint density at radius 1 is 1.20 bits per heavy atom. The second-order valence-electron chi connectivity index (χ2n) is 5.26. The third-order valence-electron chi connectivity index (χ3n) is 2.97. The molecule has 0 saturated carbocycles. The molecule has 0 radical (unpaired) electrons. The lowest BCUT2D eigenvalue weighted by Gasteiger charge is -2.20. The van der Waals surface area contributed by atoms with Gasteiger partial charge in [0.15, 0.2) is 11.6 Å². The summed E-state index contributed by atoms with van der Waals surface area (Å²) in [4.78, 5) is 0. The zero-order valence-electron chi connectivity index (χ0n) is 11.5. The molecule has 2 N–H and O–H groups in total. The monoisotopic (exact) mass is 293 g/mol. The molecule has 0 fully saturated rings. The molecule has 0 heterocycles. The highest BCUT2D eigenvalue weighted by Crippen LogP contribution is 2.32. The molecule has 0 aliphatic heterocycles. The highest BCUT2D eigenvalue weighted by Gasteiger charge is 2.19. The average molecular weight is 294 g/mol. The van der Waals surface area contributed by atoms with Crippen LogP contribution in [0.5, 0.6) is 5.75 Å². The summed E-state index contributed by atoms with van der Waals surface area (Å²) in [6.45, 7) is 3.86. The molecule has 0 unspecified atom stereocenters. The van der Waals surface area contributed by atoms with E-state index in [1.54, 1.807) is 19.9 Å². The van der Waals surface area contributed by atoms with Crippen molar-refractivity contribution in [2.24, 2.45) is 5.73 Å². The maximum Gasteiger partial charge on any atom is 0.174 e. The molecule has 20 heavy (non-hydrogen) atoms. The number of hydrogen-bond donors (Lipinski definition) is 1. The Kier molecular flexibility index (Phi) is 4.31. The number of benzene rings is 2. The van der Waals surface area contributed by atoms with Gasteiger partial charge in [-0.1, -0.05) is 41.9 Å². The van der Waals surface area contributed by atoms with E-state index in [-0.39, 0.29) is 17.4 Å². The Hall–Kier alpha value is -1.58. The first kappa shape index (κ1) is 14.8. The fourth-order valence-electron chi connectivity index (χ4n) is 1.80. The molecule has 0 spiro atoms. The molecule has 4 heteroatoms. The summed E-state index contributed by atoms with van der Waals surface area (Å²) >= 11 is 6.09. The molecule has 2 nitrogen and oxygen atoms in total. The van der Waals surface area contributed by atoms with Crippen molar-refractivity contribution < 1.29 is 9.13 Å². The molecule has 106 valence electrons. The van der Waals surface area contributed by atoms with Gasteiger partial charge in [-0.2, -0.15) is 0 Å². The van der Waals surface area contributed by atoms with E-state index in [9.17, 15) is 4.39 Å². The Labute approximate surface area is 123 Å². The van der Waals surface area contributed by atoms with Gasteiger partial charge in [0.05, 0.1) is 5.02 Å². The van der Waals surface area contributed by atoms with E-state index < -0.39 is 11.4 Å². The standard InChI is InChI=1S/C16H17ClFNO/c1-16(2,19)12-8-13(17)15(14(18)9-12)20-10-11-6-4-3-5-7-11/h3-9H,10,19H2,1-2H3. The van der Waals surface area contributed by atoms with Crippen molar-refractivity contribution in [3.63, 3.8) is 0 Å². The summed E-state index contributed by atoms with van der Waals surface area (Å²) in [6.07, 6.45) is 0. The SMILES string of the molecule is CC(C)(N)c1cc(F)c(OCc2ccccc2)c(Cl)c1. The quantitative estimate of drug-likeness (QED) is 0.914. The first-order valence-corrected chi connectivity index (χ1v) is 6.71. The second kappa shape index (κ2) is 5.81. The van der Waals surface area contributed by atoms with Crippen LogP contribution in [0.3, 0.4) is 0 Å². The molecule has 0 atom stereocenters. The third kappa shape index (κ3) is 3.50. The Bertz CT molecular complexity index is 570. The molecule has 0 saturated heterocycles. The molecule has 2 aromatic carbocycles. The van der Waals surface area contributed by atoms with Crippen molar-refractivity contribution in [2.45, 2.75) is 26.0 Å². The fraction of sp³-hybridized carbons (Fsp3) is 0.250. The predicted octanol–water partition coefficient (Wildman–Crippen LogP) is 4.25. The van der Waals surface area contributed by atoms with Crippen LogP contribution in [-0.2, 0) is 12.1 Å². The number of nitrogens with two attached hydrogens (primary N) is 1. The molecule has 2 aromatic rings. The van der Waals surface area contributed by atoms with Crippen LogP contribution in [-0.4, -0.2) is 0 Å². The van der Waals surface area contributed by atoms with Gasteiger partial charge in [-0.05, 0) is 37.1 Å². The highest BCUT2D eigenvalue weighted by molar-refractivity contribution is 6.32. The summed E-state index contributed by atoms with van der Waals surface area (Å²) < 4.78 is 19.6. The molecular formula is C16H17ClFNO. The van der Waals surface area contributed by atoms with Crippen LogP contribution in [0.1, 0.15) is 25.0 Å². The lowest BCUT2D eigenvalue weighted by atomic mass is 9.95. The van der Waals surface area contributed by atoms with Crippen molar-refractivity contribution in [2.75, 3.05) is 0 Å². The highest BCUT2D eigenvalue weighted by atomic mass is 35.5. The molecule has 0 aliphatic rings. The lowest BCUT2D eigenvalue weighted by Crippen LogP contribution is -2.28. The zero-order valence-corrected chi connectivity index (χ0v) is 12.2. The van der Waals surface area contributed by atoms with Crippen LogP contribution in [0.15, 0.2) is 42.5 Å². The van der Waals surface area contributed by atoms with Crippen molar-refractivity contribution >= 4 is 11.6 Å². The molecule has 2 rings (SSSR count). The first-order valence-electron chi connectivity index (χ1n) is 6.33. The molecular weight excluding hydrogens is 277 g/mol. The minimum Gasteiger partial charge on any atom is -0.484 e. The Balaban J connectivity index is 2.21. The van der Waals surface area contributed by atoms with Gasteiger partial charge in [0.2, 0.25) is 0 Å².